The lowest BCUT2D eigenvalue weighted by molar-refractivity contribution is 0.0193. The summed E-state index contributed by atoms with van der Waals surface area (Å²) in [5.41, 5.74) is 7.71. The zero-order valence-corrected chi connectivity index (χ0v) is 32.4. The van der Waals surface area contributed by atoms with Crippen LogP contribution in [-0.2, 0) is 24.8 Å². The van der Waals surface area contributed by atoms with E-state index in [0.29, 0.717) is 64.1 Å². The maximum absolute atomic E-state index is 15.0. The van der Waals surface area contributed by atoms with E-state index < -0.39 is 0 Å². The van der Waals surface area contributed by atoms with Crippen LogP contribution in [0, 0.1) is 0 Å². The van der Waals surface area contributed by atoms with Crippen LogP contribution in [0.15, 0.2) is 128 Å². The van der Waals surface area contributed by atoms with Gasteiger partial charge in [0.1, 0.15) is 5.75 Å². The molecular formula is C45H41Cl2N5O4. The molecule has 2 amide bonds. The lowest BCUT2D eigenvalue weighted by Gasteiger charge is -2.40. The van der Waals surface area contributed by atoms with Gasteiger partial charge in [0.2, 0.25) is 0 Å². The number of aromatic hydroxyl groups is 1. The first-order valence-electron chi connectivity index (χ1n) is 18.6. The van der Waals surface area contributed by atoms with Gasteiger partial charge in [-0.25, -0.2) is 0 Å². The molecule has 0 bridgehead atoms. The monoisotopic (exact) mass is 785 g/mol. The number of anilines is 2. The fraction of sp³-hybridized carbons (Fsp3) is 0.200. The van der Waals surface area contributed by atoms with Gasteiger partial charge >= 0.3 is 0 Å². The number of phenols is 1. The first-order chi connectivity index (χ1) is 26.8. The van der Waals surface area contributed by atoms with Gasteiger partial charge in [0.05, 0.1) is 30.0 Å². The highest BCUT2D eigenvalue weighted by Crippen LogP contribution is 2.37. The summed E-state index contributed by atoms with van der Waals surface area (Å²) in [6, 6.07) is 35.9. The second kappa shape index (κ2) is 15.5. The van der Waals surface area contributed by atoms with Crippen LogP contribution in [-0.4, -0.2) is 74.6 Å². The van der Waals surface area contributed by atoms with Crippen molar-refractivity contribution in [1.29, 1.82) is 0 Å². The molecular weight excluding hydrogens is 745 g/mol. The third kappa shape index (κ3) is 6.92. The fourth-order valence-corrected chi connectivity index (χ4v) is 8.36. The number of nitrogens with zero attached hydrogens (tertiary/aromatic N) is 5. The Bertz CT molecular complexity index is 2580. The highest BCUT2D eigenvalue weighted by atomic mass is 35.5. The van der Waals surface area contributed by atoms with E-state index in [2.05, 4.69) is 23.1 Å². The van der Waals surface area contributed by atoms with Crippen molar-refractivity contribution in [3.05, 3.63) is 155 Å². The van der Waals surface area contributed by atoms with E-state index in [1.54, 1.807) is 35.2 Å². The number of amides is 2. The van der Waals surface area contributed by atoms with E-state index in [1.807, 2.05) is 100 Å². The van der Waals surface area contributed by atoms with E-state index in [1.165, 1.54) is 5.56 Å². The van der Waals surface area contributed by atoms with Crippen LogP contribution < -0.4 is 4.90 Å². The van der Waals surface area contributed by atoms with Crippen molar-refractivity contribution in [3.8, 4) is 17.0 Å². The van der Waals surface area contributed by atoms with Crippen LogP contribution in [0.25, 0.3) is 27.7 Å². The Labute approximate surface area is 336 Å². The van der Waals surface area contributed by atoms with Crippen LogP contribution in [0.5, 0.6) is 5.75 Å². The van der Waals surface area contributed by atoms with Crippen LogP contribution >= 0.6 is 24.0 Å². The molecule has 1 N–H and O–H groups in total. The number of rotatable bonds is 7. The Hall–Kier alpha value is -5.58. The molecule has 1 atom stereocenters. The average molecular weight is 787 g/mol. The minimum atomic E-state index is -0.260. The summed E-state index contributed by atoms with van der Waals surface area (Å²) < 4.78 is 9.63. The van der Waals surface area contributed by atoms with Crippen LogP contribution in [0.2, 0.25) is 5.02 Å². The largest absolute Gasteiger partial charge is 0.508 e. The number of morpholine rings is 1. The normalized spacial score (nSPS) is 15.8. The number of hydrogen-bond acceptors (Lipinski definition) is 5. The molecule has 5 heterocycles. The standard InChI is InChI=1S/C45H40ClN5O4.ClH/c1-47-19-17-31-25-35(12-16-41(31)47)51(34-10-13-37(52)14-11-34)45(54)40-27-43(49-18-5-4-8-42(40)49)39-26-33(46)9-15-38(39)44(53)50-28-32-7-3-2-6-30(32)24-36(50)29-48-20-22-55-23-21-48;/h2-19,25-27,36,52H,20-24,28-29H2,1H3;1H/t36-;/m0./s1. The summed E-state index contributed by atoms with van der Waals surface area (Å²) in [5.74, 6) is -0.238. The first-order valence-corrected chi connectivity index (χ1v) is 19.0. The average Bonchev–Trinajstić information content (AvgIpc) is 3.79. The van der Waals surface area contributed by atoms with Crippen molar-refractivity contribution in [2.24, 2.45) is 7.05 Å². The predicted molar refractivity (Wildman–Crippen MR) is 224 cm³/mol. The number of benzene rings is 4. The van der Waals surface area contributed by atoms with E-state index in [9.17, 15) is 9.90 Å². The predicted octanol–water partition coefficient (Wildman–Crippen LogP) is 8.76. The molecule has 11 heteroatoms. The number of aryl methyl sites for hydroxylation is 1. The van der Waals surface area contributed by atoms with Crippen LogP contribution in [0.3, 0.4) is 0 Å². The van der Waals surface area contributed by atoms with E-state index in [0.717, 1.165) is 42.5 Å². The number of halogens is 2. The van der Waals surface area contributed by atoms with E-state index in [4.69, 9.17) is 16.3 Å². The molecule has 1 saturated heterocycles. The molecule has 2 aliphatic heterocycles. The summed E-state index contributed by atoms with van der Waals surface area (Å²) in [4.78, 5) is 36.1. The van der Waals surface area contributed by atoms with Crippen molar-refractivity contribution < 1.29 is 19.4 Å². The SMILES string of the molecule is Cl.Cn1ccc2cc(N(C(=O)c3cc(-c4cc(Cl)ccc4C(=O)N4Cc5ccccc5C[C@H]4CN4CCOCC4)n4ccccc34)c3ccc(O)cc3)ccc21. The third-order valence-electron chi connectivity index (χ3n) is 11.0. The maximum Gasteiger partial charge on any atom is 0.265 e. The Kier molecular flexibility index (Phi) is 10.3. The zero-order chi connectivity index (χ0) is 37.6. The quantitative estimate of drug-likeness (QED) is 0.175. The molecule has 9 rings (SSSR count). The molecule has 2 aliphatic rings. The molecule has 7 aromatic rings. The highest BCUT2D eigenvalue weighted by Gasteiger charge is 2.34. The Morgan fingerprint density at radius 3 is 2.36 bits per heavy atom. The number of carbonyl (C=O) groups is 2. The molecule has 0 aliphatic carbocycles. The van der Waals surface area contributed by atoms with E-state index in [-0.39, 0.29) is 36.0 Å². The summed E-state index contributed by atoms with van der Waals surface area (Å²) >= 11 is 6.72. The van der Waals surface area contributed by atoms with Crippen LogP contribution in [0.4, 0.5) is 11.4 Å². The summed E-state index contributed by atoms with van der Waals surface area (Å²) in [7, 11) is 1.99. The smallest absolute Gasteiger partial charge is 0.265 e. The second-order valence-electron chi connectivity index (χ2n) is 14.4. The molecule has 284 valence electrons. The van der Waals surface area contributed by atoms with Crippen molar-refractivity contribution in [2.45, 2.75) is 19.0 Å². The maximum atomic E-state index is 15.0. The van der Waals surface area contributed by atoms with Crippen molar-refractivity contribution in [3.63, 3.8) is 0 Å². The van der Waals surface area contributed by atoms with Gasteiger partial charge in [-0.15, -0.1) is 12.4 Å². The topological polar surface area (TPSA) is 82.7 Å². The molecule has 3 aromatic heterocycles. The lowest BCUT2D eigenvalue weighted by atomic mass is 9.92. The van der Waals surface area contributed by atoms with Crippen molar-refractivity contribution in [2.75, 3.05) is 37.7 Å². The minimum Gasteiger partial charge on any atom is -0.508 e. The molecule has 0 radical (unpaired) electrons. The van der Waals surface area contributed by atoms with Gasteiger partial charge in [-0.2, -0.15) is 0 Å². The summed E-state index contributed by atoms with van der Waals surface area (Å²) in [6.07, 6.45) is 4.67. The first kappa shape index (κ1) is 37.3. The Morgan fingerprint density at radius 1 is 0.804 bits per heavy atom. The van der Waals surface area contributed by atoms with Gasteiger partial charge in [0, 0.05) is 90.1 Å². The molecule has 0 saturated carbocycles. The van der Waals surface area contributed by atoms with Gasteiger partial charge < -0.3 is 23.7 Å². The van der Waals surface area contributed by atoms with Crippen LogP contribution in [0.1, 0.15) is 31.8 Å². The van der Waals surface area contributed by atoms with Gasteiger partial charge in [-0.3, -0.25) is 19.4 Å². The van der Waals surface area contributed by atoms with Gasteiger partial charge in [0.25, 0.3) is 11.8 Å². The van der Waals surface area contributed by atoms with Gasteiger partial charge in [0.15, 0.2) is 0 Å². The Morgan fingerprint density at radius 2 is 1.55 bits per heavy atom. The number of aromatic nitrogens is 2. The number of hydrogen-bond donors (Lipinski definition) is 1. The second-order valence-corrected chi connectivity index (χ2v) is 14.8. The molecule has 4 aromatic carbocycles. The van der Waals surface area contributed by atoms with Crippen molar-refractivity contribution in [1.82, 2.24) is 18.8 Å². The van der Waals surface area contributed by atoms with E-state index >= 15 is 4.79 Å². The lowest BCUT2D eigenvalue weighted by Crippen LogP contribution is -2.52. The number of phenolic OH excluding ortho intramolecular Hbond substituents is 1. The molecule has 0 spiro atoms. The highest BCUT2D eigenvalue weighted by molar-refractivity contribution is 6.31. The molecule has 0 unspecified atom stereocenters. The number of carbonyl (C=O) groups excluding carboxylic acids is 2. The Balaban J connectivity index is 0.00000441. The molecule has 56 heavy (non-hydrogen) atoms. The number of pyridine rings is 1. The third-order valence-corrected chi connectivity index (χ3v) is 11.3. The molecule has 1 fully saturated rings. The number of ether oxygens (including phenoxy) is 1. The minimum absolute atomic E-state index is 0. The van der Waals surface area contributed by atoms with Crippen molar-refractivity contribution >= 4 is 63.6 Å². The zero-order valence-electron chi connectivity index (χ0n) is 30.8. The van der Waals surface area contributed by atoms with Gasteiger partial charge in [-0.1, -0.05) is 41.9 Å². The summed E-state index contributed by atoms with van der Waals surface area (Å²) in [6.45, 7) is 4.29. The number of fused-ring (bicyclic) bond motifs is 3. The molecule has 9 nitrogen and oxygen atoms in total. The van der Waals surface area contributed by atoms with Gasteiger partial charge in [-0.05, 0) is 102 Å². The fourth-order valence-electron chi connectivity index (χ4n) is 8.19. The summed E-state index contributed by atoms with van der Waals surface area (Å²) in [5, 5.41) is 11.6.